The van der Waals surface area contributed by atoms with Crippen LogP contribution in [0.5, 0.6) is 0 Å². The molecule has 0 radical (unpaired) electrons. The molecular weight excluding hydrogens is 250 g/mol. The second-order valence-corrected chi connectivity index (χ2v) is 7.67. The second-order valence-electron chi connectivity index (χ2n) is 5.62. The smallest absolute Gasteiger partial charge is 0.242 e. The van der Waals surface area contributed by atoms with Gasteiger partial charge in [-0.3, -0.25) is 0 Å². The van der Waals surface area contributed by atoms with E-state index in [4.69, 9.17) is 5.11 Å². The fourth-order valence-corrected chi connectivity index (χ4v) is 3.10. The topological polar surface area (TPSA) is 57.6 Å². The summed E-state index contributed by atoms with van der Waals surface area (Å²) >= 11 is 0. The molecule has 0 saturated heterocycles. The van der Waals surface area contributed by atoms with E-state index in [1.165, 1.54) is 16.4 Å². The Balaban J connectivity index is 2.98. The van der Waals surface area contributed by atoms with Crippen molar-refractivity contribution in [3.63, 3.8) is 0 Å². The highest BCUT2D eigenvalue weighted by molar-refractivity contribution is 7.89. The molecule has 0 aliphatic carbocycles. The third kappa shape index (κ3) is 3.80. The molecular formula is C13H21NO3S. The molecule has 0 fully saturated rings. The molecule has 0 aliphatic rings. The fourth-order valence-electron chi connectivity index (χ4n) is 1.70. The molecule has 18 heavy (non-hydrogen) atoms. The third-order valence-electron chi connectivity index (χ3n) is 2.51. The van der Waals surface area contributed by atoms with Gasteiger partial charge in [0.15, 0.2) is 0 Å². The Morgan fingerprint density at radius 1 is 1.17 bits per heavy atom. The summed E-state index contributed by atoms with van der Waals surface area (Å²) in [6.07, 6.45) is 0. The molecule has 102 valence electrons. The molecule has 0 heterocycles. The van der Waals surface area contributed by atoms with Crippen molar-refractivity contribution in [2.75, 3.05) is 13.6 Å². The molecule has 1 aromatic rings. The van der Waals surface area contributed by atoms with Gasteiger partial charge in [0.05, 0.1) is 11.5 Å². The van der Waals surface area contributed by atoms with Crippen LogP contribution in [0.3, 0.4) is 0 Å². The Kier molecular flexibility index (Phi) is 4.53. The highest BCUT2D eigenvalue weighted by Gasteiger charge is 2.24. The van der Waals surface area contributed by atoms with E-state index in [9.17, 15) is 8.42 Å². The molecule has 0 atom stereocenters. The highest BCUT2D eigenvalue weighted by atomic mass is 32.2. The summed E-state index contributed by atoms with van der Waals surface area (Å²) in [5.41, 5.74) is 0.611. The maximum atomic E-state index is 12.3. The molecule has 0 amide bonds. The number of hydrogen-bond acceptors (Lipinski definition) is 3. The van der Waals surface area contributed by atoms with E-state index < -0.39 is 10.0 Å². The summed E-state index contributed by atoms with van der Waals surface area (Å²) in [6, 6.07) is 6.30. The average molecular weight is 271 g/mol. The van der Waals surface area contributed by atoms with Gasteiger partial charge >= 0.3 is 0 Å². The van der Waals surface area contributed by atoms with Crippen LogP contribution in [-0.4, -0.2) is 31.4 Å². The van der Waals surface area contributed by atoms with Gasteiger partial charge in [0.1, 0.15) is 0 Å². The number of aliphatic hydroxyl groups excluding tert-OH is 1. The van der Waals surface area contributed by atoms with Crippen molar-refractivity contribution in [2.45, 2.75) is 32.3 Å². The van der Waals surface area contributed by atoms with Crippen molar-refractivity contribution in [3.8, 4) is 0 Å². The summed E-state index contributed by atoms with van der Waals surface area (Å²) in [5.74, 6) is 0. The van der Waals surface area contributed by atoms with Crippen LogP contribution in [0.1, 0.15) is 26.3 Å². The normalized spacial score (nSPS) is 13.0. The van der Waals surface area contributed by atoms with Crippen molar-refractivity contribution in [1.29, 1.82) is 0 Å². The first kappa shape index (κ1) is 15.1. The Morgan fingerprint density at radius 2 is 1.67 bits per heavy atom. The molecule has 0 saturated carbocycles. The van der Waals surface area contributed by atoms with Crippen LogP contribution < -0.4 is 0 Å². The van der Waals surface area contributed by atoms with E-state index in [-0.39, 0.29) is 16.9 Å². The Bertz CT molecular complexity index is 486. The van der Waals surface area contributed by atoms with Crippen LogP contribution in [0.2, 0.25) is 0 Å². The lowest BCUT2D eigenvalue weighted by Gasteiger charge is -2.26. The molecule has 5 heteroatoms. The lowest BCUT2D eigenvalue weighted by Crippen LogP contribution is -2.34. The zero-order chi connectivity index (χ0) is 14.0. The van der Waals surface area contributed by atoms with Crippen LogP contribution in [0.25, 0.3) is 0 Å². The first-order valence-electron chi connectivity index (χ1n) is 5.83. The van der Waals surface area contributed by atoms with Crippen molar-refractivity contribution >= 4 is 10.0 Å². The standard InChI is InChI=1S/C13H21NO3S/c1-13(2,3)10-14(4)18(16,17)12-7-5-11(9-15)6-8-12/h5-8,15H,9-10H2,1-4H3. The Labute approximate surface area is 109 Å². The van der Waals surface area contributed by atoms with E-state index in [0.29, 0.717) is 12.1 Å². The predicted octanol–water partition coefficient (Wildman–Crippen LogP) is 1.85. The van der Waals surface area contributed by atoms with Crippen molar-refractivity contribution in [2.24, 2.45) is 5.41 Å². The fraction of sp³-hybridized carbons (Fsp3) is 0.538. The van der Waals surface area contributed by atoms with Crippen molar-refractivity contribution in [1.82, 2.24) is 4.31 Å². The molecule has 4 nitrogen and oxygen atoms in total. The maximum absolute atomic E-state index is 12.3. The second kappa shape index (κ2) is 5.38. The molecule has 1 N–H and O–H groups in total. The van der Waals surface area contributed by atoms with Crippen molar-refractivity contribution in [3.05, 3.63) is 29.8 Å². The van der Waals surface area contributed by atoms with Gasteiger partial charge in [-0.2, -0.15) is 0 Å². The Hall–Kier alpha value is -0.910. The highest BCUT2D eigenvalue weighted by Crippen LogP contribution is 2.21. The molecule has 1 rings (SSSR count). The van der Waals surface area contributed by atoms with Crippen LogP contribution in [0.4, 0.5) is 0 Å². The van der Waals surface area contributed by atoms with Gasteiger partial charge in [-0.15, -0.1) is 0 Å². The van der Waals surface area contributed by atoms with Gasteiger partial charge < -0.3 is 5.11 Å². The van der Waals surface area contributed by atoms with E-state index in [2.05, 4.69) is 0 Å². The third-order valence-corrected chi connectivity index (χ3v) is 4.33. The van der Waals surface area contributed by atoms with E-state index >= 15 is 0 Å². The number of sulfonamides is 1. The van der Waals surface area contributed by atoms with E-state index in [1.807, 2.05) is 20.8 Å². The zero-order valence-electron chi connectivity index (χ0n) is 11.3. The van der Waals surface area contributed by atoms with Crippen LogP contribution in [0.15, 0.2) is 29.2 Å². The van der Waals surface area contributed by atoms with Gasteiger partial charge in [-0.1, -0.05) is 32.9 Å². The number of aliphatic hydroxyl groups is 1. The van der Waals surface area contributed by atoms with Gasteiger partial charge in [0, 0.05) is 13.6 Å². The van der Waals surface area contributed by atoms with E-state index in [1.54, 1.807) is 19.2 Å². The summed E-state index contributed by atoms with van der Waals surface area (Å²) in [7, 11) is -1.86. The molecule has 0 spiro atoms. The minimum Gasteiger partial charge on any atom is -0.392 e. The quantitative estimate of drug-likeness (QED) is 0.909. The summed E-state index contributed by atoms with van der Waals surface area (Å²) in [6.45, 7) is 6.35. The largest absolute Gasteiger partial charge is 0.392 e. The maximum Gasteiger partial charge on any atom is 0.242 e. The average Bonchev–Trinajstić information content (AvgIpc) is 2.27. The summed E-state index contributed by atoms with van der Waals surface area (Å²) in [4.78, 5) is 0.256. The molecule has 1 aromatic carbocycles. The van der Waals surface area contributed by atoms with Crippen LogP contribution in [-0.2, 0) is 16.6 Å². The van der Waals surface area contributed by atoms with Gasteiger partial charge in [-0.25, -0.2) is 12.7 Å². The van der Waals surface area contributed by atoms with Crippen LogP contribution in [0, 0.1) is 5.41 Å². The predicted molar refractivity (Wildman–Crippen MR) is 71.6 cm³/mol. The number of nitrogens with zero attached hydrogens (tertiary/aromatic N) is 1. The zero-order valence-corrected chi connectivity index (χ0v) is 12.2. The summed E-state index contributed by atoms with van der Waals surface area (Å²) in [5, 5.41) is 8.93. The summed E-state index contributed by atoms with van der Waals surface area (Å²) < 4.78 is 25.9. The monoisotopic (exact) mass is 271 g/mol. The SMILES string of the molecule is CN(CC(C)(C)C)S(=O)(=O)c1ccc(CO)cc1. The first-order chi connectivity index (χ1) is 8.16. The Morgan fingerprint density at radius 3 is 2.06 bits per heavy atom. The lowest BCUT2D eigenvalue weighted by molar-refractivity contribution is 0.281. The first-order valence-corrected chi connectivity index (χ1v) is 7.27. The van der Waals surface area contributed by atoms with Gasteiger partial charge in [0.2, 0.25) is 10.0 Å². The minimum absolute atomic E-state index is 0.0852. The number of hydrogen-bond donors (Lipinski definition) is 1. The van der Waals surface area contributed by atoms with Crippen LogP contribution >= 0.6 is 0 Å². The number of benzene rings is 1. The van der Waals surface area contributed by atoms with Gasteiger partial charge in [-0.05, 0) is 23.1 Å². The van der Waals surface area contributed by atoms with Crippen molar-refractivity contribution < 1.29 is 13.5 Å². The number of rotatable bonds is 4. The van der Waals surface area contributed by atoms with Gasteiger partial charge in [0.25, 0.3) is 0 Å². The van der Waals surface area contributed by atoms with E-state index in [0.717, 1.165) is 0 Å². The molecule has 0 bridgehead atoms. The molecule has 0 aromatic heterocycles. The molecule has 0 unspecified atom stereocenters. The lowest BCUT2D eigenvalue weighted by atomic mass is 9.97. The minimum atomic E-state index is -3.45. The molecule has 0 aliphatic heterocycles.